The maximum atomic E-state index is 14.6. The number of likely N-dealkylation sites (N-methyl/N-ethyl adjacent to an activating group) is 2. The number of aryl methyl sites for hydroxylation is 1. The highest BCUT2D eigenvalue weighted by Gasteiger charge is 2.40. The van der Waals surface area contributed by atoms with Crippen LogP contribution in [-0.4, -0.2) is 136 Å². The zero-order valence-electron chi connectivity index (χ0n) is 38.6. The van der Waals surface area contributed by atoms with Gasteiger partial charge in [-0.2, -0.15) is 0 Å². The number of cyclic esters (lactones) is 1. The summed E-state index contributed by atoms with van der Waals surface area (Å²) in [6.07, 6.45) is 3.30. The van der Waals surface area contributed by atoms with Crippen molar-refractivity contribution in [3.63, 3.8) is 0 Å². The Labute approximate surface area is 375 Å². The summed E-state index contributed by atoms with van der Waals surface area (Å²) in [4.78, 5) is 72.3. The number of fused-ring (bicyclic) bond motifs is 6. The van der Waals surface area contributed by atoms with Gasteiger partial charge >= 0.3 is 12.0 Å². The summed E-state index contributed by atoms with van der Waals surface area (Å²) in [5.74, 6) is -1.51. The molecule has 0 spiro atoms. The highest BCUT2D eigenvalue weighted by molar-refractivity contribution is 7.10. The van der Waals surface area contributed by atoms with Crippen molar-refractivity contribution < 1.29 is 28.7 Å². The normalized spacial score (nSPS) is 22.1. The predicted octanol–water partition coefficient (Wildman–Crippen LogP) is 5.91. The zero-order valence-corrected chi connectivity index (χ0v) is 39.4. The van der Waals surface area contributed by atoms with E-state index in [4.69, 9.17) is 19.4 Å². The fourth-order valence-corrected chi connectivity index (χ4v) is 10.3. The summed E-state index contributed by atoms with van der Waals surface area (Å²) in [7, 11) is 5.39. The van der Waals surface area contributed by atoms with Gasteiger partial charge in [0.2, 0.25) is 5.91 Å². The lowest BCUT2D eigenvalue weighted by Gasteiger charge is -2.42. The number of rotatable bonds is 8. The summed E-state index contributed by atoms with van der Waals surface area (Å²) >= 11 is 1.43. The Morgan fingerprint density at radius 2 is 1.92 bits per heavy atom. The average molecular weight is 884 g/mol. The van der Waals surface area contributed by atoms with Crippen molar-refractivity contribution in [3.8, 4) is 22.5 Å². The minimum atomic E-state index is -1.04. The fourth-order valence-electron chi connectivity index (χ4n) is 9.49. The first-order valence-corrected chi connectivity index (χ1v) is 23.2. The van der Waals surface area contributed by atoms with E-state index in [2.05, 4.69) is 65.2 Å². The molecule has 3 aromatic heterocycles. The first-order valence-electron chi connectivity index (χ1n) is 22.4. The Hall–Kier alpha value is -4.90. The van der Waals surface area contributed by atoms with Gasteiger partial charge in [0, 0.05) is 98.4 Å². The highest BCUT2D eigenvalue weighted by Crippen LogP contribution is 2.42. The summed E-state index contributed by atoms with van der Waals surface area (Å²) in [5, 5.41) is 8.23. The number of ether oxygens (including phenoxy) is 2. The van der Waals surface area contributed by atoms with Crippen molar-refractivity contribution in [3.05, 3.63) is 58.2 Å². The number of piperazine rings is 1. The number of nitrogens with one attached hydrogen (secondary N) is 2. The second-order valence-electron chi connectivity index (χ2n) is 18.7. The summed E-state index contributed by atoms with van der Waals surface area (Å²) in [6, 6.07) is 7.58. The van der Waals surface area contributed by atoms with Crippen molar-refractivity contribution in [2.45, 2.75) is 111 Å². The van der Waals surface area contributed by atoms with E-state index in [0.717, 1.165) is 57.8 Å². The predicted molar refractivity (Wildman–Crippen MR) is 245 cm³/mol. The number of amides is 4. The maximum absolute atomic E-state index is 14.6. The lowest BCUT2D eigenvalue weighted by Crippen LogP contribution is -2.63. The van der Waals surface area contributed by atoms with Crippen LogP contribution in [0, 0.1) is 11.3 Å². The van der Waals surface area contributed by atoms with Crippen molar-refractivity contribution >= 4 is 46.1 Å². The Morgan fingerprint density at radius 1 is 1.14 bits per heavy atom. The number of benzene rings is 1. The molecule has 1 aromatic carbocycles. The molecule has 3 aliphatic rings. The van der Waals surface area contributed by atoms with Crippen molar-refractivity contribution in [1.29, 1.82) is 0 Å². The number of hydrazine groups is 1. The Bertz CT molecular complexity index is 2320. The van der Waals surface area contributed by atoms with Gasteiger partial charge in [0.15, 0.2) is 0 Å². The molecule has 63 heavy (non-hydrogen) atoms. The number of urea groups is 1. The van der Waals surface area contributed by atoms with Gasteiger partial charge in [-0.25, -0.2) is 15.2 Å². The van der Waals surface area contributed by atoms with Crippen LogP contribution in [0.3, 0.4) is 0 Å². The molecule has 6 heterocycles. The molecule has 4 amide bonds. The maximum Gasteiger partial charge on any atom is 0.324 e. The standard InChI is InChI=1S/C47H65N9O6S/c1-11-54-38-17-16-31-22-33(38)34(42(54)32-14-12-18-48-40(32)30(5)61-10)24-47(6,7)27-62-45(59)35-15-13-19-56(51-35)44(58)36(23-39-49-37(31)26-63-39)50-43(57)41(28(2)3)53(9)46(60)55-21-20-52(8)25-29(55)4/h12,14,16-18,22,26,28-30,35-36,41,51H,11,13,15,19-21,23-25,27H2,1-10H3,(H,50,57)/t29-,30+,35+,36+,41+/m1/s1. The third-order valence-electron chi connectivity index (χ3n) is 12.9. The molecule has 7 rings (SSSR count). The van der Waals surface area contributed by atoms with E-state index in [1.165, 1.54) is 21.2 Å². The number of methoxy groups -OCH3 is 1. The Morgan fingerprint density at radius 3 is 2.63 bits per heavy atom. The molecule has 0 unspecified atom stereocenters. The minimum absolute atomic E-state index is 0.0208. The lowest BCUT2D eigenvalue weighted by molar-refractivity contribution is -0.155. The minimum Gasteiger partial charge on any atom is -0.464 e. The Kier molecular flexibility index (Phi) is 13.9. The molecule has 0 saturated carbocycles. The van der Waals surface area contributed by atoms with E-state index < -0.39 is 35.4 Å². The third kappa shape index (κ3) is 9.64. The molecule has 2 fully saturated rings. The fraction of sp³-hybridized carbons (Fsp3) is 0.574. The van der Waals surface area contributed by atoms with Crippen LogP contribution in [-0.2, 0) is 43.2 Å². The van der Waals surface area contributed by atoms with Gasteiger partial charge < -0.3 is 34.1 Å². The third-order valence-corrected chi connectivity index (χ3v) is 13.7. The largest absolute Gasteiger partial charge is 0.464 e. The molecule has 6 bridgehead atoms. The van der Waals surface area contributed by atoms with E-state index in [1.807, 2.05) is 51.1 Å². The lowest BCUT2D eigenvalue weighted by atomic mass is 9.84. The SMILES string of the molecule is CCn1c(-c2cccnc2[C@H](C)OC)c2c3cc(ccc31)-c1csc(n1)C[C@H](NC(=O)[C@H](C(C)C)N(C)C(=O)N1CCN(C)C[C@H]1C)C(=O)N1CCC[C@H](N1)C(=O)OCC(C)(C)C2. The van der Waals surface area contributed by atoms with Crippen molar-refractivity contribution in [1.82, 2.24) is 45.0 Å². The van der Waals surface area contributed by atoms with E-state index in [1.54, 1.807) is 20.4 Å². The summed E-state index contributed by atoms with van der Waals surface area (Å²) in [6.45, 7) is 17.4. The Balaban J connectivity index is 1.28. The number of thiazole rings is 1. The van der Waals surface area contributed by atoms with Gasteiger partial charge in [-0.1, -0.05) is 33.8 Å². The van der Waals surface area contributed by atoms with Gasteiger partial charge in [-0.3, -0.25) is 24.4 Å². The molecule has 2 N–H and O–H groups in total. The molecular weight excluding hydrogens is 819 g/mol. The van der Waals surface area contributed by atoms with Crippen LogP contribution >= 0.6 is 11.3 Å². The zero-order chi connectivity index (χ0) is 45.3. The van der Waals surface area contributed by atoms with Crippen molar-refractivity contribution in [2.24, 2.45) is 11.3 Å². The monoisotopic (exact) mass is 883 g/mol. The molecule has 340 valence electrons. The second-order valence-corrected chi connectivity index (χ2v) is 19.6. The highest BCUT2D eigenvalue weighted by atomic mass is 32.1. The second kappa shape index (κ2) is 19.1. The van der Waals surface area contributed by atoms with Gasteiger partial charge in [0.05, 0.1) is 34.8 Å². The molecule has 0 aliphatic carbocycles. The van der Waals surface area contributed by atoms with Crippen LogP contribution < -0.4 is 10.7 Å². The smallest absolute Gasteiger partial charge is 0.324 e. The van der Waals surface area contributed by atoms with Crippen LogP contribution in [0.4, 0.5) is 4.79 Å². The van der Waals surface area contributed by atoms with E-state index in [9.17, 15) is 19.2 Å². The van der Waals surface area contributed by atoms with Gasteiger partial charge in [0.25, 0.3) is 5.91 Å². The first-order chi connectivity index (χ1) is 30.0. The van der Waals surface area contributed by atoms with Crippen LogP contribution in [0.5, 0.6) is 0 Å². The summed E-state index contributed by atoms with van der Waals surface area (Å²) in [5.41, 5.74) is 9.40. The number of carbonyl (C=O) groups excluding carboxylic acids is 4. The first kappa shape index (κ1) is 46.1. The number of esters is 1. The van der Waals surface area contributed by atoms with Gasteiger partial charge in [-0.05, 0) is 82.8 Å². The summed E-state index contributed by atoms with van der Waals surface area (Å²) < 4.78 is 14.3. The number of carbonyl (C=O) groups is 4. The number of nitrogens with zero attached hydrogens (tertiary/aromatic N) is 7. The average Bonchev–Trinajstić information content (AvgIpc) is 3.85. The van der Waals surface area contributed by atoms with Crippen LogP contribution in [0.2, 0.25) is 0 Å². The van der Waals surface area contributed by atoms with Crippen molar-refractivity contribution in [2.75, 3.05) is 54.0 Å². The molecule has 5 atom stereocenters. The number of hydrogen-bond donors (Lipinski definition) is 2. The number of hydrogen-bond acceptors (Lipinski definition) is 11. The molecule has 4 aromatic rings. The van der Waals surface area contributed by atoms with Gasteiger partial charge in [0.1, 0.15) is 18.1 Å². The van der Waals surface area contributed by atoms with Crippen LogP contribution in [0.15, 0.2) is 41.9 Å². The molecule has 15 nitrogen and oxygen atoms in total. The molecule has 16 heteroatoms. The molecule has 3 aliphatic heterocycles. The number of aromatic nitrogens is 3. The quantitative estimate of drug-likeness (QED) is 0.204. The molecule has 2 saturated heterocycles. The molecule has 0 radical (unpaired) electrons. The van der Waals surface area contributed by atoms with E-state index in [-0.39, 0.29) is 43.0 Å². The number of pyridine rings is 1. The van der Waals surface area contributed by atoms with Crippen LogP contribution in [0.25, 0.3) is 33.4 Å². The molecular formula is C47H65N9O6S. The topological polar surface area (TPSA) is 154 Å². The van der Waals surface area contributed by atoms with Gasteiger partial charge in [-0.15, -0.1) is 11.3 Å². The van der Waals surface area contributed by atoms with E-state index >= 15 is 0 Å². The van der Waals surface area contributed by atoms with Crippen LogP contribution in [0.1, 0.15) is 83.7 Å². The van der Waals surface area contributed by atoms with E-state index in [0.29, 0.717) is 43.9 Å².